The molecule has 0 saturated carbocycles. The first kappa shape index (κ1) is 13.8. The highest BCUT2D eigenvalue weighted by atomic mass is 35.5. The van der Waals surface area contributed by atoms with Crippen LogP contribution in [0, 0.1) is 5.92 Å². The molecular formula is C13H18ClNO2. The zero-order chi connectivity index (χ0) is 12.8. The molecule has 94 valence electrons. The van der Waals surface area contributed by atoms with Crippen molar-refractivity contribution >= 4 is 23.3 Å². The summed E-state index contributed by atoms with van der Waals surface area (Å²) in [5, 5.41) is 9.43. The molecule has 1 aromatic carbocycles. The number of nitrogens with zero attached hydrogens (tertiary/aromatic N) is 1. The number of anilines is 1. The molecule has 1 rings (SSSR count). The molecule has 0 heterocycles. The summed E-state index contributed by atoms with van der Waals surface area (Å²) in [5.41, 5.74) is 1.02. The molecule has 0 amide bonds. The molecule has 0 aliphatic heterocycles. The van der Waals surface area contributed by atoms with Crippen LogP contribution in [0.5, 0.6) is 0 Å². The van der Waals surface area contributed by atoms with Crippen molar-refractivity contribution in [2.45, 2.75) is 20.3 Å². The highest BCUT2D eigenvalue weighted by molar-refractivity contribution is 6.30. The van der Waals surface area contributed by atoms with Crippen LogP contribution in [0.2, 0.25) is 5.02 Å². The van der Waals surface area contributed by atoms with E-state index < -0.39 is 5.97 Å². The van der Waals surface area contributed by atoms with E-state index in [1.165, 1.54) is 0 Å². The van der Waals surface area contributed by atoms with E-state index in [0.29, 0.717) is 17.5 Å². The molecule has 0 radical (unpaired) electrons. The molecule has 0 bridgehead atoms. The van der Waals surface area contributed by atoms with Crippen LogP contribution in [0.3, 0.4) is 0 Å². The largest absolute Gasteiger partial charge is 0.481 e. The molecule has 0 atom stereocenters. The number of hydrogen-bond donors (Lipinski definition) is 1. The molecule has 17 heavy (non-hydrogen) atoms. The average Bonchev–Trinajstić information content (AvgIpc) is 2.25. The second-order valence-electron chi connectivity index (χ2n) is 4.46. The lowest BCUT2D eigenvalue weighted by Crippen LogP contribution is -2.29. The fraction of sp³-hybridized carbons (Fsp3) is 0.462. The van der Waals surface area contributed by atoms with Crippen LogP contribution < -0.4 is 4.90 Å². The Hall–Kier alpha value is -1.22. The molecule has 0 aromatic heterocycles. The normalized spacial score (nSPS) is 10.6. The second-order valence-corrected chi connectivity index (χ2v) is 4.90. The summed E-state index contributed by atoms with van der Waals surface area (Å²) < 4.78 is 0. The molecule has 0 aliphatic rings. The zero-order valence-corrected chi connectivity index (χ0v) is 10.9. The van der Waals surface area contributed by atoms with Crippen LogP contribution in [0.1, 0.15) is 20.3 Å². The van der Waals surface area contributed by atoms with Crippen molar-refractivity contribution < 1.29 is 9.90 Å². The minimum atomic E-state index is -0.771. The monoisotopic (exact) mass is 255 g/mol. The number of benzene rings is 1. The molecule has 3 nitrogen and oxygen atoms in total. The number of aliphatic carboxylic acids is 1. The van der Waals surface area contributed by atoms with Crippen LogP contribution in [0.4, 0.5) is 5.69 Å². The van der Waals surface area contributed by atoms with Crippen LogP contribution >= 0.6 is 11.6 Å². The molecule has 1 aromatic rings. The summed E-state index contributed by atoms with van der Waals surface area (Å²) in [6.45, 7) is 5.59. The lowest BCUT2D eigenvalue weighted by molar-refractivity contribution is -0.136. The molecule has 4 heteroatoms. The standard InChI is InChI=1S/C13H18ClNO2/c1-10(2)9-15(8-7-13(16)17)12-5-3-11(14)4-6-12/h3-6,10H,7-9H2,1-2H3,(H,16,17). The number of halogens is 1. The highest BCUT2D eigenvalue weighted by Crippen LogP contribution is 2.19. The van der Waals surface area contributed by atoms with Crippen molar-refractivity contribution in [1.29, 1.82) is 0 Å². The lowest BCUT2D eigenvalue weighted by atomic mass is 10.1. The van der Waals surface area contributed by atoms with Gasteiger partial charge >= 0.3 is 5.97 Å². The first-order valence-electron chi connectivity index (χ1n) is 5.71. The van der Waals surface area contributed by atoms with E-state index in [4.69, 9.17) is 16.7 Å². The Morgan fingerprint density at radius 2 is 1.94 bits per heavy atom. The van der Waals surface area contributed by atoms with Gasteiger partial charge in [0.05, 0.1) is 6.42 Å². The van der Waals surface area contributed by atoms with Gasteiger partial charge in [0.1, 0.15) is 0 Å². The van der Waals surface area contributed by atoms with Crippen molar-refractivity contribution in [3.8, 4) is 0 Å². The third kappa shape index (κ3) is 5.09. The van der Waals surface area contributed by atoms with Gasteiger partial charge in [-0.3, -0.25) is 4.79 Å². The minimum absolute atomic E-state index is 0.148. The first-order valence-corrected chi connectivity index (χ1v) is 6.09. The van der Waals surface area contributed by atoms with Crippen LogP contribution in [-0.2, 0) is 4.79 Å². The van der Waals surface area contributed by atoms with Gasteiger partial charge in [0, 0.05) is 23.8 Å². The van der Waals surface area contributed by atoms with Crippen LogP contribution in [0.25, 0.3) is 0 Å². The van der Waals surface area contributed by atoms with Gasteiger partial charge in [-0.2, -0.15) is 0 Å². The lowest BCUT2D eigenvalue weighted by Gasteiger charge is -2.26. The summed E-state index contributed by atoms with van der Waals surface area (Å²) in [6, 6.07) is 7.50. The third-order valence-corrected chi connectivity index (χ3v) is 2.62. The van der Waals surface area contributed by atoms with Crippen molar-refractivity contribution in [3.63, 3.8) is 0 Å². The summed E-state index contributed by atoms with van der Waals surface area (Å²) in [5.74, 6) is -0.285. The molecule has 0 saturated heterocycles. The van der Waals surface area contributed by atoms with E-state index in [0.717, 1.165) is 12.2 Å². The van der Waals surface area contributed by atoms with Gasteiger partial charge < -0.3 is 10.0 Å². The average molecular weight is 256 g/mol. The summed E-state index contributed by atoms with van der Waals surface area (Å²) in [7, 11) is 0. The summed E-state index contributed by atoms with van der Waals surface area (Å²) in [6.07, 6.45) is 0.148. The fourth-order valence-electron chi connectivity index (χ4n) is 1.65. The van der Waals surface area contributed by atoms with Crippen molar-refractivity contribution in [2.75, 3.05) is 18.0 Å². The Bertz CT molecular complexity index is 362. The summed E-state index contributed by atoms with van der Waals surface area (Å²) >= 11 is 5.84. The van der Waals surface area contributed by atoms with E-state index >= 15 is 0 Å². The van der Waals surface area contributed by atoms with Crippen molar-refractivity contribution in [1.82, 2.24) is 0 Å². The van der Waals surface area contributed by atoms with Gasteiger partial charge in [0.15, 0.2) is 0 Å². The fourth-order valence-corrected chi connectivity index (χ4v) is 1.78. The van der Waals surface area contributed by atoms with E-state index in [-0.39, 0.29) is 6.42 Å². The number of carbonyl (C=O) groups is 1. The molecule has 0 spiro atoms. The Kier molecular flexibility index (Phi) is 5.29. The van der Waals surface area contributed by atoms with Crippen LogP contribution in [0.15, 0.2) is 24.3 Å². The Balaban J connectivity index is 2.74. The first-order chi connectivity index (χ1) is 7.99. The topological polar surface area (TPSA) is 40.5 Å². The zero-order valence-electron chi connectivity index (χ0n) is 10.2. The Labute approximate surface area is 107 Å². The predicted octanol–water partition coefficient (Wildman–Crippen LogP) is 3.28. The maximum Gasteiger partial charge on any atom is 0.305 e. The quantitative estimate of drug-likeness (QED) is 0.848. The van der Waals surface area contributed by atoms with Crippen LogP contribution in [-0.4, -0.2) is 24.2 Å². The molecule has 0 unspecified atom stereocenters. The van der Waals surface area contributed by atoms with Gasteiger partial charge in [-0.05, 0) is 30.2 Å². The molecule has 1 N–H and O–H groups in total. The molecule has 0 aliphatic carbocycles. The van der Waals surface area contributed by atoms with Gasteiger partial charge in [-0.1, -0.05) is 25.4 Å². The van der Waals surface area contributed by atoms with Gasteiger partial charge in [0.2, 0.25) is 0 Å². The molecule has 0 fully saturated rings. The number of rotatable bonds is 6. The number of carboxylic acid groups (broad SMARTS) is 1. The maximum absolute atomic E-state index is 10.6. The highest BCUT2D eigenvalue weighted by Gasteiger charge is 2.10. The predicted molar refractivity (Wildman–Crippen MR) is 70.8 cm³/mol. The van der Waals surface area contributed by atoms with Crippen molar-refractivity contribution in [3.05, 3.63) is 29.3 Å². The Morgan fingerprint density at radius 3 is 2.41 bits per heavy atom. The van der Waals surface area contributed by atoms with E-state index in [9.17, 15) is 4.79 Å². The Morgan fingerprint density at radius 1 is 1.35 bits per heavy atom. The van der Waals surface area contributed by atoms with E-state index in [2.05, 4.69) is 18.7 Å². The number of hydrogen-bond acceptors (Lipinski definition) is 2. The SMILES string of the molecule is CC(C)CN(CCC(=O)O)c1ccc(Cl)cc1. The van der Waals surface area contributed by atoms with Gasteiger partial charge in [-0.25, -0.2) is 0 Å². The maximum atomic E-state index is 10.6. The van der Waals surface area contributed by atoms with E-state index in [1.54, 1.807) is 0 Å². The third-order valence-electron chi connectivity index (χ3n) is 2.37. The number of carboxylic acids is 1. The summed E-state index contributed by atoms with van der Waals surface area (Å²) in [4.78, 5) is 12.7. The van der Waals surface area contributed by atoms with Gasteiger partial charge in [-0.15, -0.1) is 0 Å². The molecular weight excluding hydrogens is 238 g/mol. The van der Waals surface area contributed by atoms with Crippen molar-refractivity contribution in [2.24, 2.45) is 5.92 Å². The minimum Gasteiger partial charge on any atom is -0.481 e. The second kappa shape index (κ2) is 6.50. The smallest absolute Gasteiger partial charge is 0.305 e. The van der Waals surface area contributed by atoms with E-state index in [1.807, 2.05) is 24.3 Å². The van der Waals surface area contributed by atoms with Gasteiger partial charge in [0.25, 0.3) is 0 Å².